The predicted octanol–water partition coefficient (Wildman–Crippen LogP) is 4.69. The first-order valence-corrected chi connectivity index (χ1v) is 13.6. The van der Waals surface area contributed by atoms with Crippen LogP contribution in [0.4, 0.5) is 0 Å². The molecule has 3 saturated carbocycles. The van der Waals surface area contributed by atoms with Crippen LogP contribution in [0.2, 0.25) is 0 Å². The highest BCUT2D eigenvalue weighted by Gasteiger charge is 2.62. The second kappa shape index (κ2) is 9.53. The monoisotopic (exact) mass is 488 g/mol. The Bertz CT molecular complexity index is 911. The van der Waals surface area contributed by atoms with E-state index in [1.165, 1.54) is 18.4 Å². The molecule has 3 fully saturated rings. The minimum Gasteiger partial charge on any atom is -0.480 e. The minimum absolute atomic E-state index is 0.0377. The summed E-state index contributed by atoms with van der Waals surface area (Å²) in [7, 11) is 0. The van der Waals surface area contributed by atoms with Crippen LogP contribution in [0.3, 0.4) is 0 Å². The third-order valence-electron chi connectivity index (χ3n) is 10.7. The predicted molar refractivity (Wildman–Crippen MR) is 135 cm³/mol. The van der Waals surface area contributed by atoms with Gasteiger partial charge in [-0.2, -0.15) is 0 Å². The van der Waals surface area contributed by atoms with E-state index in [0.717, 1.165) is 44.2 Å². The third-order valence-corrected chi connectivity index (χ3v) is 10.7. The van der Waals surface area contributed by atoms with Crippen molar-refractivity contribution >= 4 is 17.6 Å². The van der Waals surface area contributed by atoms with Crippen LogP contribution in [0.15, 0.2) is 16.8 Å². The average molecular weight is 489 g/mol. The number of aliphatic hydroxyl groups is 1. The zero-order valence-corrected chi connectivity index (χ0v) is 22.1. The number of allylic oxidation sites excluding steroid dienone is 2. The van der Waals surface area contributed by atoms with E-state index in [9.17, 15) is 19.8 Å². The quantitative estimate of drug-likeness (QED) is 0.451. The van der Waals surface area contributed by atoms with Crippen LogP contribution in [-0.2, 0) is 14.4 Å². The molecule has 0 aromatic heterocycles. The van der Waals surface area contributed by atoms with Crippen LogP contribution < -0.4 is 5.32 Å². The number of amides is 1. The fraction of sp³-hybridized carbons (Fsp3) is 0.821. The Labute approximate surface area is 209 Å². The Morgan fingerprint density at radius 3 is 2.54 bits per heavy atom. The second-order valence-corrected chi connectivity index (χ2v) is 12.4. The summed E-state index contributed by atoms with van der Waals surface area (Å²) >= 11 is 0. The molecule has 0 saturated heterocycles. The number of aliphatic carboxylic acids is 1. The first-order valence-electron chi connectivity index (χ1n) is 13.6. The highest BCUT2D eigenvalue weighted by atomic mass is 16.6. The van der Waals surface area contributed by atoms with E-state index in [1.54, 1.807) is 0 Å². The number of hydrogen-bond donors (Lipinski definition) is 3. The number of oxime groups is 1. The van der Waals surface area contributed by atoms with Crippen LogP contribution >= 0.6 is 0 Å². The molecule has 0 spiro atoms. The SMILES string of the molecule is CC[C@H](C)[C@H](NC(=O)CO/N=C1\C=C2CC[C@@H]3[C@H](CC[C@@]4(C)[C@H]3CC[C@]4(C)O)[C@@]2(C)CC1)C(=O)O. The van der Waals surface area contributed by atoms with Crippen molar-refractivity contribution in [3.05, 3.63) is 11.6 Å². The average Bonchev–Trinajstić information content (AvgIpc) is 3.05. The summed E-state index contributed by atoms with van der Waals surface area (Å²) in [6, 6.07) is -0.919. The fourth-order valence-electron chi connectivity index (χ4n) is 7.96. The first kappa shape index (κ1) is 26.2. The number of nitrogens with zero attached hydrogens (tertiary/aromatic N) is 1. The zero-order valence-electron chi connectivity index (χ0n) is 22.1. The van der Waals surface area contributed by atoms with Gasteiger partial charge in [0, 0.05) is 0 Å². The number of carbonyl (C=O) groups excluding carboxylic acids is 1. The molecule has 0 unspecified atom stereocenters. The molecule has 3 N–H and O–H groups in total. The van der Waals surface area contributed by atoms with Gasteiger partial charge in [0.1, 0.15) is 6.04 Å². The summed E-state index contributed by atoms with van der Waals surface area (Å²) in [5.74, 6) is 0.277. The van der Waals surface area contributed by atoms with Crippen molar-refractivity contribution in [3.63, 3.8) is 0 Å². The number of nitrogens with one attached hydrogen (secondary N) is 1. The topological polar surface area (TPSA) is 108 Å². The Morgan fingerprint density at radius 2 is 1.86 bits per heavy atom. The van der Waals surface area contributed by atoms with Crippen LogP contribution in [-0.4, -0.2) is 46.1 Å². The van der Waals surface area contributed by atoms with E-state index in [-0.39, 0.29) is 23.4 Å². The van der Waals surface area contributed by atoms with Crippen molar-refractivity contribution in [2.45, 2.75) is 104 Å². The maximum atomic E-state index is 12.2. The lowest BCUT2D eigenvalue weighted by Crippen LogP contribution is -2.53. The molecule has 7 nitrogen and oxygen atoms in total. The van der Waals surface area contributed by atoms with Crippen molar-refractivity contribution < 1.29 is 24.6 Å². The van der Waals surface area contributed by atoms with Gasteiger partial charge < -0.3 is 20.4 Å². The first-order chi connectivity index (χ1) is 16.4. The van der Waals surface area contributed by atoms with E-state index >= 15 is 0 Å². The third kappa shape index (κ3) is 4.54. The molecule has 4 aliphatic carbocycles. The van der Waals surface area contributed by atoms with Gasteiger partial charge in [-0.05, 0) is 98.9 Å². The molecule has 0 aromatic rings. The van der Waals surface area contributed by atoms with Crippen LogP contribution in [0, 0.1) is 34.5 Å². The zero-order chi connectivity index (χ0) is 25.6. The van der Waals surface area contributed by atoms with Gasteiger partial charge in [0.25, 0.3) is 5.91 Å². The molecule has 196 valence electrons. The largest absolute Gasteiger partial charge is 0.480 e. The van der Waals surface area contributed by atoms with Crippen molar-refractivity contribution in [2.75, 3.05) is 6.61 Å². The molecule has 0 bridgehead atoms. The molecule has 4 aliphatic rings. The van der Waals surface area contributed by atoms with E-state index < -0.39 is 23.5 Å². The van der Waals surface area contributed by atoms with Crippen LogP contribution in [0.25, 0.3) is 0 Å². The van der Waals surface area contributed by atoms with Gasteiger partial charge in [-0.15, -0.1) is 0 Å². The van der Waals surface area contributed by atoms with Gasteiger partial charge in [-0.25, -0.2) is 4.79 Å². The molecule has 0 aromatic carbocycles. The molecular formula is C28H44N2O5. The van der Waals surface area contributed by atoms with Crippen molar-refractivity contribution in [1.82, 2.24) is 5.32 Å². The second-order valence-electron chi connectivity index (χ2n) is 12.4. The highest BCUT2D eigenvalue weighted by molar-refractivity contribution is 5.96. The molecular weight excluding hydrogens is 444 g/mol. The van der Waals surface area contributed by atoms with E-state index in [2.05, 4.69) is 37.3 Å². The van der Waals surface area contributed by atoms with Crippen LogP contribution in [0.1, 0.15) is 92.4 Å². The molecule has 4 rings (SSSR count). The molecule has 1 amide bonds. The molecule has 7 heteroatoms. The van der Waals surface area contributed by atoms with Crippen molar-refractivity contribution in [2.24, 2.45) is 39.7 Å². The number of carbonyl (C=O) groups is 2. The molecule has 0 aliphatic heterocycles. The number of carboxylic acid groups (broad SMARTS) is 1. The van der Waals surface area contributed by atoms with E-state index in [0.29, 0.717) is 24.2 Å². The normalized spacial score (nSPS) is 41.1. The summed E-state index contributed by atoms with van der Waals surface area (Å²) in [5, 5.41) is 27.3. The molecule has 0 heterocycles. The van der Waals surface area contributed by atoms with Gasteiger partial charge in [-0.1, -0.05) is 44.8 Å². The van der Waals surface area contributed by atoms with Gasteiger partial charge in [-0.3, -0.25) is 4.79 Å². The smallest absolute Gasteiger partial charge is 0.326 e. The lowest BCUT2D eigenvalue weighted by Gasteiger charge is -2.59. The number of fused-ring (bicyclic) bond motifs is 5. The maximum absolute atomic E-state index is 12.2. The number of hydrogen-bond acceptors (Lipinski definition) is 5. The highest BCUT2D eigenvalue weighted by Crippen LogP contribution is 2.67. The Hall–Kier alpha value is -1.89. The van der Waals surface area contributed by atoms with Crippen molar-refractivity contribution in [3.8, 4) is 0 Å². The lowest BCUT2D eigenvalue weighted by molar-refractivity contribution is -0.144. The minimum atomic E-state index is -1.03. The molecule has 35 heavy (non-hydrogen) atoms. The van der Waals surface area contributed by atoms with Gasteiger partial charge in [0.2, 0.25) is 0 Å². The van der Waals surface area contributed by atoms with Crippen LogP contribution in [0.5, 0.6) is 0 Å². The molecule has 8 atom stereocenters. The van der Waals surface area contributed by atoms with Crippen molar-refractivity contribution in [1.29, 1.82) is 0 Å². The van der Waals surface area contributed by atoms with Gasteiger partial charge >= 0.3 is 5.97 Å². The number of rotatable bonds is 7. The summed E-state index contributed by atoms with van der Waals surface area (Å²) in [4.78, 5) is 29.0. The molecule has 0 radical (unpaired) electrons. The fourth-order valence-corrected chi connectivity index (χ4v) is 7.96. The Balaban J connectivity index is 1.39. The van der Waals surface area contributed by atoms with Gasteiger partial charge in [0.15, 0.2) is 6.61 Å². The Morgan fingerprint density at radius 1 is 1.14 bits per heavy atom. The summed E-state index contributed by atoms with van der Waals surface area (Å²) in [5.41, 5.74) is 1.97. The van der Waals surface area contributed by atoms with Gasteiger partial charge in [0.05, 0.1) is 11.3 Å². The summed E-state index contributed by atoms with van der Waals surface area (Å²) in [6.45, 7) is 10.2. The maximum Gasteiger partial charge on any atom is 0.326 e. The summed E-state index contributed by atoms with van der Waals surface area (Å²) in [6.07, 6.45) is 11.3. The Kier molecular flexibility index (Phi) is 7.13. The van der Waals surface area contributed by atoms with E-state index in [4.69, 9.17) is 4.84 Å². The standard InChI is InChI=1S/C28H44N2O5/c1-6-17(2)24(25(32)33)29-23(31)16-35-30-19-9-12-26(3)18(15-19)7-8-20-21(26)10-13-27(4)22(20)11-14-28(27,5)34/h15,17,20-22,24,34H,6-14,16H2,1-5H3,(H,29,31)(H,32,33)/b30-19-/t17-,20+,21-,22-,24-,26-,27-,28-/m0/s1. The number of carboxylic acids is 1. The lowest BCUT2D eigenvalue weighted by atomic mass is 9.46. The van der Waals surface area contributed by atoms with E-state index in [1.807, 2.05) is 13.8 Å². The summed E-state index contributed by atoms with van der Waals surface area (Å²) < 4.78 is 0.